The smallest absolute Gasteiger partial charge is 0.255 e. The predicted molar refractivity (Wildman–Crippen MR) is 110 cm³/mol. The van der Waals surface area contributed by atoms with Crippen LogP contribution in [0, 0.1) is 5.92 Å². The molecule has 1 unspecified atom stereocenters. The molecule has 1 atom stereocenters. The molecule has 2 fully saturated rings. The van der Waals surface area contributed by atoms with E-state index in [1.807, 2.05) is 12.1 Å². The van der Waals surface area contributed by atoms with Crippen LogP contribution < -0.4 is 10.5 Å². The average Bonchev–Trinajstić information content (AvgIpc) is 2.99. The number of ether oxygens (including phenoxy) is 1. The highest BCUT2D eigenvalue weighted by atomic mass is 16.5. The Kier molecular flexibility index (Phi) is 6.05. The highest BCUT2D eigenvalue weighted by molar-refractivity contribution is 5.59. The van der Waals surface area contributed by atoms with Crippen molar-refractivity contribution >= 4 is 5.95 Å². The minimum Gasteiger partial charge on any atom is -0.375 e. The average molecular weight is 383 g/mol. The summed E-state index contributed by atoms with van der Waals surface area (Å²) in [5.41, 5.74) is 1.58. The summed E-state index contributed by atoms with van der Waals surface area (Å²) in [7, 11) is 1.80. The number of rotatable bonds is 4. The van der Waals surface area contributed by atoms with Crippen molar-refractivity contribution in [2.45, 2.75) is 51.0 Å². The summed E-state index contributed by atoms with van der Waals surface area (Å²) in [6, 6.07) is 5.38. The molecule has 3 heterocycles. The van der Waals surface area contributed by atoms with Crippen LogP contribution >= 0.6 is 0 Å². The van der Waals surface area contributed by atoms with Crippen molar-refractivity contribution in [3.05, 3.63) is 40.9 Å². The Balaban J connectivity index is 1.53. The van der Waals surface area contributed by atoms with Gasteiger partial charge in [-0.15, -0.1) is 0 Å². The molecule has 1 saturated heterocycles. The maximum atomic E-state index is 12.6. The van der Waals surface area contributed by atoms with Crippen LogP contribution in [0.2, 0.25) is 0 Å². The van der Waals surface area contributed by atoms with E-state index in [0.29, 0.717) is 12.3 Å². The van der Waals surface area contributed by atoms with E-state index < -0.39 is 0 Å². The molecule has 0 spiro atoms. The van der Waals surface area contributed by atoms with Crippen LogP contribution in [0.4, 0.5) is 5.95 Å². The summed E-state index contributed by atoms with van der Waals surface area (Å²) in [6.45, 7) is 2.25. The molecular weight excluding hydrogens is 352 g/mol. The molecule has 1 saturated carbocycles. The van der Waals surface area contributed by atoms with Gasteiger partial charge in [-0.25, -0.2) is 4.98 Å². The summed E-state index contributed by atoms with van der Waals surface area (Å²) < 4.78 is 7.74. The minimum absolute atomic E-state index is 0.0383. The number of pyridine rings is 1. The topological polar surface area (TPSA) is 60.2 Å². The largest absolute Gasteiger partial charge is 0.375 e. The van der Waals surface area contributed by atoms with E-state index in [0.717, 1.165) is 36.9 Å². The molecule has 0 bridgehead atoms. The minimum atomic E-state index is -0.0383. The van der Waals surface area contributed by atoms with Gasteiger partial charge in [-0.2, -0.15) is 0 Å². The fraction of sp³-hybridized carbons (Fsp3) is 0.591. The number of aromatic nitrogens is 3. The van der Waals surface area contributed by atoms with Gasteiger partial charge in [0, 0.05) is 44.2 Å². The molecule has 6 nitrogen and oxygen atoms in total. The lowest BCUT2D eigenvalue weighted by Gasteiger charge is -2.35. The highest BCUT2D eigenvalue weighted by Gasteiger charge is 2.26. The zero-order valence-corrected chi connectivity index (χ0v) is 16.7. The summed E-state index contributed by atoms with van der Waals surface area (Å²) in [4.78, 5) is 23.7. The van der Waals surface area contributed by atoms with Crippen LogP contribution in [0.1, 0.15) is 44.9 Å². The second-order valence-electron chi connectivity index (χ2n) is 8.11. The first-order valence-corrected chi connectivity index (χ1v) is 10.6. The van der Waals surface area contributed by atoms with Crippen LogP contribution in [-0.4, -0.2) is 40.3 Å². The van der Waals surface area contributed by atoms with Gasteiger partial charge in [0.25, 0.3) is 5.56 Å². The first kappa shape index (κ1) is 19.1. The highest BCUT2D eigenvalue weighted by Crippen LogP contribution is 2.29. The van der Waals surface area contributed by atoms with E-state index in [4.69, 9.17) is 9.72 Å². The monoisotopic (exact) mass is 382 g/mol. The maximum Gasteiger partial charge on any atom is 0.255 e. The Bertz CT molecular complexity index is 828. The molecule has 2 aromatic rings. The molecule has 1 aliphatic carbocycles. The van der Waals surface area contributed by atoms with Crippen LogP contribution in [0.15, 0.2) is 35.4 Å². The lowest BCUT2D eigenvalue weighted by Crippen LogP contribution is -2.45. The van der Waals surface area contributed by atoms with Gasteiger partial charge in [0.05, 0.1) is 18.4 Å². The Hall–Kier alpha value is -2.21. The van der Waals surface area contributed by atoms with Gasteiger partial charge < -0.3 is 9.64 Å². The standard InChI is InChI=1S/C22H30N4O2/c1-25-21(27)15-20(18-8-10-23-11-9-18)24-22(25)26-12-13-28-19(16-26)14-17-6-4-2-3-5-7-17/h8-11,15,17,19H,2-7,12-14,16H2,1H3. The van der Waals surface area contributed by atoms with Crippen molar-refractivity contribution in [1.82, 2.24) is 14.5 Å². The number of anilines is 1. The summed E-state index contributed by atoms with van der Waals surface area (Å²) in [6.07, 6.45) is 12.9. The van der Waals surface area contributed by atoms with Gasteiger partial charge in [0.1, 0.15) is 0 Å². The Morgan fingerprint density at radius 3 is 2.64 bits per heavy atom. The third kappa shape index (κ3) is 4.43. The van der Waals surface area contributed by atoms with Crippen LogP contribution in [-0.2, 0) is 11.8 Å². The summed E-state index contributed by atoms with van der Waals surface area (Å²) in [5.74, 6) is 1.50. The zero-order chi connectivity index (χ0) is 19.3. The van der Waals surface area contributed by atoms with Crippen molar-refractivity contribution in [3.8, 4) is 11.3 Å². The molecule has 0 N–H and O–H groups in total. The fourth-order valence-electron chi connectivity index (χ4n) is 4.50. The Morgan fingerprint density at radius 2 is 1.89 bits per heavy atom. The Labute approximate surface area is 166 Å². The van der Waals surface area contributed by atoms with E-state index in [1.165, 1.54) is 38.5 Å². The maximum absolute atomic E-state index is 12.6. The molecular formula is C22H30N4O2. The molecule has 0 aromatic carbocycles. The van der Waals surface area contributed by atoms with E-state index in [1.54, 1.807) is 30.1 Å². The third-order valence-electron chi connectivity index (χ3n) is 6.08. The summed E-state index contributed by atoms with van der Waals surface area (Å²) >= 11 is 0. The SMILES string of the molecule is Cn1c(N2CCOC(CC3CCCCCC3)C2)nc(-c2ccncc2)cc1=O. The first-order valence-electron chi connectivity index (χ1n) is 10.6. The lowest BCUT2D eigenvalue weighted by molar-refractivity contribution is 0.0223. The van der Waals surface area contributed by atoms with E-state index >= 15 is 0 Å². The van der Waals surface area contributed by atoms with Crippen molar-refractivity contribution in [2.75, 3.05) is 24.6 Å². The van der Waals surface area contributed by atoms with E-state index in [-0.39, 0.29) is 11.7 Å². The van der Waals surface area contributed by atoms with Gasteiger partial charge in [0.15, 0.2) is 0 Å². The molecule has 6 heteroatoms. The van der Waals surface area contributed by atoms with Crippen molar-refractivity contribution in [1.29, 1.82) is 0 Å². The van der Waals surface area contributed by atoms with Crippen molar-refractivity contribution < 1.29 is 4.74 Å². The number of hydrogen-bond donors (Lipinski definition) is 0. The lowest BCUT2D eigenvalue weighted by atomic mass is 9.93. The van der Waals surface area contributed by atoms with E-state index in [2.05, 4.69) is 9.88 Å². The first-order chi connectivity index (χ1) is 13.7. The molecule has 2 aliphatic rings. The number of nitrogens with zero attached hydrogens (tertiary/aromatic N) is 4. The summed E-state index contributed by atoms with van der Waals surface area (Å²) in [5, 5.41) is 0. The number of morpholine rings is 1. The molecule has 1 aliphatic heterocycles. The van der Waals surface area contributed by atoms with Gasteiger partial charge in [-0.05, 0) is 24.5 Å². The van der Waals surface area contributed by atoms with Crippen LogP contribution in [0.25, 0.3) is 11.3 Å². The second kappa shape index (κ2) is 8.86. The van der Waals surface area contributed by atoms with Gasteiger partial charge in [-0.3, -0.25) is 14.3 Å². The predicted octanol–water partition coefficient (Wildman–Crippen LogP) is 3.41. The quantitative estimate of drug-likeness (QED) is 0.759. The Morgan fingerprint density at radius 1 is 1.14 bits per heavy atom. The van der Waals surface area contributed by atoms with Crippen molar-refractivity contribution in [3.63, 3.8) is 0 Å². The van der Waals surface area contributed by atoms with Crippen LogP contribution in [0.3, 0.4) is 0 Å². The molecule has 0 radical (unpaired) electrons. The van der Waals surface area contributed by atoms with Crippen LogP contribution in [0.5, 0.6) is 0 Å². The van der Waals surface area contributed by atoms with Crippen molar-refractivity contribution in [2.24, 2.45) is 13.0 Å². The molecule has 0 amide bonds. The third-order valence-corrected chi connectivity index (χ3v) is 6.08. The molecule has 4 rings (SSSR count). The molecule has 28 heavy (non-hydrogen) atoms. The van der Waals surface area contributed by atoms with Gasteiger partial charge in [0.2, 0.25) is 5.95 Å². The zero-order valence-electron chi connectivity index (χ0n) is 16.7. The number of hydrogen-bond acceptors (Lipinski definition) is 5. The van der Waals surface area contributed by atoms with Gasteiger partial charge in [-0.1, -0.05) is 38.5 Å². The second-order valence-corrected chi connectivity index (χ2v) is 8.11. The van der Waals surface area contributed by atoms with E-state index in [9.17, 15) is 4.79 Å². The van der Waals surface area contributed by atoms with Gasteiger partial charge >= 0.3 is 0 Å². The normalized spacial score (nSPS) is 21.5. The molecule has 150 valence electrons. The fourth-order valence-corrected chi connectivity index (χ4v) is 4.50. The molecule has 2 aromatic heterocycles.